The van der Waals surface area contributed by atoms with Crippen LogP contribution in [-0.2, 0) is 16.1 Å². The second kappa shape index (κ2) is 8.80. The van der Waals surface area contributed by atoms with E-state index in [-0.39, 0.29) is 12.7 Å². The number of aromatic nitrogens is 1. The Bertz CT molecular complexity index is 976. The summed E-state index contributed by atoms with van der Waals surface area (Å²) in [6, 6.07) is 10.8. The van der Waals surface area contributed by atoms with Crippen LogP contribution in [0.15, 0.2) is 46.9 Å². The summed E-state index contributed by atoms with van der Waals surface area (Å²) in [7, 11) is 1.53. The zero-order valence-corrected chi connectivity index (χ0v) is 16.5. The van der Waals surface area contributed by atoms with Gasteiger partial charge in [-0.1, -0.05) is 23.7 Å². The first-order chi connectivity index (χ1) is 13.5. The zero-order valence-electron chi connectivity index (χ0n) is 15.8. The van der Waals surface area contributed by atoms with Crippen molar-refractivity contribution in [3.05, 3.63) is 59.0 Å². The van der Waals surface area contributed by atoms with Crippen LogP contribution in [0.2, 0.25) is 5.02 Å². The predicted molar refractivity (Wildman–Crippen MR) is 107 cm³/mol. The van der Waals surface area contributed by atoms with Gasteiger partial charge in [-0.3, -0.25) is 0 Å². The average Bonchev–Trinajstić information content (AvgIpc) is 3.09. The number of hydrogen-bond acceptors (Lipinski definition) is 6. The molecule has 0 atom stereocenters. The van der Waals surface area contributed by atoms with Gasteiger partial charge < -0.3 is 18.6 Å². The first-order valence-electron chi connectivity index (χ1n) is 8.69. The van der Waals surface area contributed by atoms with Crippen molar-refractivity contribution in [1.82, 2.24) is 4.98 Å². The number of rotatable bonds is 7. The van der Waals surface area contributed by atoms with Crippen molar-refractivity contribution >= 4 is 34.7 Å². The Kier molecular flexibility index (Phi) is 6.21. The highest BCUT2D eigenvalue weighted by molar-refractivity contribution is 6.32. The standard InChI is InChI=1S/C21H20ClNO5/c1-13(2)27-21-15(22)10-14(11-18(21)25-3)8-9-20(24)26-12-19-23-16-6-4-5-7-17(16)28-19/h4-11,13H,12H2,1-3H3/b9-8+. The van der Waals surface area contributed by atoms with Crippen LogP contribution in [0.25, 0.3) is 17.2 Å². The number of benzene rings is 2. The van der Waals surface area contributed by atoms with E-state index in [0.29, 0.717) is 33.6 Å². The summed E-state index contributed by atoms with van der Waals surface area (Å²) in [5.41, 5.74) is 2.04. The number of fused-ring (bicyclic) bond motifs is 1. The Hall–Kier alpha value is -2.99. The Morgan fingerprint density at radius 2 is 2.07 bits per heavy atom. The third-order valence-electron chi connectivity index (χ3n) is 3.69. The van der Waals surface area contributed by atoms with Crippen LogP contribution in [0, 0.1) is 0 Å². The highest BCUT2D eigenvalue weighted by Crippen LogP contribution is 2.37. The summed E-state index contributed by atoms with van der Waals surface area (Å²) in [5.74, 6) is 0.762. The van der Waals surface area contributed by atoms with Crippen LogP contribution in [0.4, 0.5) is 0 Å². The normalized spacial score (nSPS) is 11.3. The molecule has 0 unspecified atom stereocenters. The summed E-state index contributed by atoms with van der Waals surface area (Å²) in [6.45, 7) is 3.75. The lowest BCUT2D eigenvalue weighted by molar-refractivity contribution is -0.139. The number of methoxy groups -OCH3 is 1. The van der Waals surface area contributed by atoms with E-state index in [0.717, 1.165) is 5.52 Å². The maximum Gasteiger partial charge on any atom is 0.331 e. The number of hydrogen-bond donors (Lipinski definition) is 0. The van der Waals surface area contributed by atoms with Crippen LogP contribution >= 0.6 is 11.6 Å². The van der Waals surface area contributed by atoms with Crippen LogP contribution < -0.4 is 9.47 Å². The number of halogens is 1. The van der Waals surface area contributed by atoms with Gasteiger partial charge in [0.25, 0.3) is 0 Å². The molecular formula is C21H20ClNO5. The van der Waals surface area contributed by atoms with Crippen molar-refractivity contribution in [3.8, 4) is 11.5 Å². The molecule has 0 radical (unpaired) electrons. The third kappa shape index (κ3) is 4.84. The molecule has 0 bridgehead atoms. The van der Waals surface area contributed by atoms with E-state index in [4.69, 9.17) is 30.2 Å². The third-order valence-corrected chi connectivity index (χ3v) is 3.97. The molecule has 3 aromatic rings. The summed E-state index contributed by atoms with van der Waals surface area (Å²) < 4.78 is 21.7. The maximum atomic E-state index is 12.0. The average molecular weight is 402 g/mol. The van der Waals surface area contributed by atoms with Gasteiger partial charge in [-0.05, 0) is 49.8 Å². The molecule has 0 saturated heterocycles. The van der Waals surface area contributed by atoms with Crippen LogP contribution in [-0.4, -0.2) is 24.2 Å². The molecule has 0 aliphatic rings. The fraction of sp³-hybridized carbons (Fsp3) is 0.238. The molecule has 0 N–H and O–H groups in total. The molecule has 28 heavy (non-hydrogen) atoms. The van der Waals surface area contributed by atoms with Gasteiger partial charge in [0, 0.05) is 6.08 Å². The van der Waals surface area contributed by atoms with Crippen LogP contribution in [0.5, 0.6) is 11.5 Å². The molecule has 7 heteroatoms. The van der Waals surface area contributed by atoms with E-state index in [1.807, 2.05) is 32.0 Å². The van der Waals surface area contributed by atoms with Crippen molar-refractivity contribution in [2.75, 3.05) is 7.11 Å². The van der Waals surface area contributed by atoms with E-state index >= 15 is 0 Å². The van der Waals surface area contributed by atoms with Gasteiger partial charge in [0.15, 0.2) is 23.7 Å². The Morgan fingerprint density at radius 3 is 2.79 bits per heavy atom. The summed E-state index contributed by atoms with van der Waals surface area (Å²) >= 11 is 6.28. The molecule has 0 aliphatic carbocycles. The quantitative estimate of drug-likeness (QED) is 0.408. The smallest absolute Gasteiger partial charge is 0.331 e. The van der Waals surface area contributed by atoms with Crippen molar-refractivity contribution in [2.45, 2.75) is 26.6 Å². The van der Waals surface area contributed by atoms with Crippen molar-refractivity contribution in [3.63, 3.8) is 0 Å². The van der Waals surface area contributed by atoms with Gasteiger partial charge in [-0.2, -0.15) is 0 Å². The number of carbonyl (C=O) groups excluding carboxylic acids is 1. The van der Waals surface area contributed by atoms with Gasteiger partial charge in [0.1, 0.15) is 5.52 Å². The lowest BCUT2D eigenvalue weighted by atomic mass is 10.2. The van der Waals surface area contributed by atoms with Crippen molar-refractivity contribution in [1.29, 1.82) is 0 Å². The highest BCUT2D eigenvalue weighted by atomic mass is 35.5. The molecule has 0 amide bonds. The predicted octanol–water partition coefficient (Wildman–Crippen LogP) is 5.03. The molecule has 0 spiro atoms. The topological polar surface area (TPSA) is 70.8 Å². The van der Waals surface area contributed by atoms with Crippen LogP contribution in [0.1, 0.15) is 25.3 Å². The Balaban J connectivity index is 1.65. The van der Waals surface area contributed by atoms with Crippen molar-refractivity contribution < 1.29 is 23.4 Å². The molecule has 1 heterocycles. The van der Waals surface area contributed by atoms with Crippen LogP contribution in [0.3, 0.4) is 0 Å². The fourth-order valence-corrected chi connectivity index (χ4v) is 2.78. The fourth-order valence-electron chi connectivity index (χ4n) is 2.51. The molecular weight excluding hydrogens is 382 g/mol. The van der Waals surface area contributed by atoms with Crippen molar-refractivity contribution in [2.24, 2.45) is 0 Å². The van der Waals surface area contributed by atoms with Gasteiger partial charge in [-0.25, -0.2) is 9.78 Å². The molecule has 2 aromatic carbocycles. The number of ether oxygens (including phenoxy) is 3. The Labute approximate surface area is 167 Å². The van der Waals surface area contributed by atoms with Gasteiger partial charge in [0.2, 0.25) is 5.89 Å². The second-order valence-corrected chi connectivity index (χ2v) is 6.62. The molecule has 0 aliphatic heterocycles. The highest BCUT2D eigenvalue weighted by Gasteiger charge is 2.13. The summed E-state index contributed by atoms with van der Waals surface area (Å²) in [5, 5.41) is 0.396. The number of esters is 1. The van der Waals surface area contributed by atoms with E-state index in [1.54, 1.807) is 24.3 Å². The maximum absolute atomic E-state index is 12.0. The first kappa shape index (κ1) is 19.8. The van der Waals surface area contributed by atoms with E-state index in [9.17, 15) is 4.79 Å². The molecule has 0 fully saturated rings. The lowest BCUT2D eigenvalue weighted by Crippen LogP contribution is -2.07. The minimum atomic E-state index is -0.528. The molecule has 3 rings (SSSR count). The monoisotopic (exact) mass is 401 g/mol. The largest absolute Gasteiger partial charge is 0.493 e. The van der Waals surface area contributed by atoms with E-state index < -0.39 is 5.97 Å². The van der Waals surface area contributed by atoms with Gasteiger partial charge in [-0.15, -0.1) is 0 Å². The van der Waals surface area contributed by atoms with Gasteiger partial charge in [0.05, 0.1) is 18.2 Å². The summed E-state index contributed by atoms with van der Waals surface area (Å²) in [4.78, 5) is 16.2. The van der Waals surface area contributed by atoms with E-state index in [2.05, 4.69) is 4.98 Å². The Morgan fingerprint density at radius 1 is 1.29 bits per heavy atom. The first-order valence-corrected chi connectivity index (χ1v) is 9.07. The summed E-state index contributed by atoms with van der Waals surface area (Å²) in [6.07, 6.45) is 2.84. The molecule has 6 nitrogen and oxygen atoms in total. The zero-order chi connectivity index (χ0) is 20.1. The number of para-hydroxylation sites is 2. The second-order valence-electron chi connectivity index (χ2n) is 6.22. The number of oxazole rings is 1. The van der Waals surface area contributed by atoms with Gasteiger partial charge >= 0.3 is 5.97 Å². The number of carbonyl (C=O) groups is 1. The minimum Gasteiger partial charge on any atom is -0.493 e. The molecule has 0 saturated carbocycles. The van der Waals surface area contributed by atoms with E-state index in [1.165, 1.54) is 13.2 Å². The minimum absolute atomic E-state index is 0.0466. The number of nitrogens with zero attached hydrogens (tertiary/aromatic N) is 1. The SMILES string of the molecule is COc1cc(/C=C/C(=O)OCc2nc3ccccc3o2)cc(Cl)c1OC(C)C. The lowest BCUT2D eigenvalue weighted by Gasteiger charge is -2.15. The molecule has 1 aromatic heterocycles. The molecule has 146 valence electrons.